The van der Waals surface area contributed by atoms with Crippen LogP contribution in [0.2, 0.25) is 5.02 Å². The summed E-state index contributed by atoms with van der Waals surface area (Å²) in [4.78, 5) is 0.278. The Balaban J connectivity index is 1.50. The lowest BCUT2D eigenvalue weighted by Crippen LogP contribution is -2.50. The monoisotopic (exact) mass is 352 g/mol. The van der Waals surface area contributed by atoms with E-state index in [1.807, 2.05) is 6.20 Å². The van der Waals surface area contributed by atoms with Crippen LogP contribution >= 0.6 is 11.6 Å². The van der Waals surface area contributed by atoms with Crippen LogP contribution in [0.15, 0.2) is 29.3 Å². The van der Waals surface area contributed by atoms with Crippen LogP contribution in [0.1, 0.15) is 36.1 Å². The van der Waals surface area contributed by atoms with Gasteiger partial charge in [0.25, 0.3) is 0 Å². The van der Waals surface area contributed by atoms with Gasteiger partial charge in [-0.2, -0.15) is 4.31 Å². The molecule has 4 rings (SSSR count). The second kappa shape index (κ2) is 5.29. The lowest BCUT2D eigenvalue weighted by Gasteiger charge is -2.37. The highest BCUT2D eigenvalue weighted by Crippen LogP contribution is 2.39. The molecule has 23 heavy (non-hydrogen) atoms. The van der Waals surface area contributed by atoms with Crippen LogP contribution in [-0.4, -0.2) is 40.8 Å². The van der Waals surface area contributed by atoms with Gasteiger partial charge >= 0.3 is 0 Å². The topological polar surface area (TPSA) is 68.1 Å². The fourth-order valence-corrected chi connectivity index (χ4v) is 4.81. The minimum absolute atomic E-state index is 0.0595. The average molecular weight is 353 g/mol. The molecule has 1 aliphatic carbocycles. The number of rotatable bonds is 4. The standard InChI is InChI=1S/C15H17ClN4O2S/c1-10-13(16)3-2-4-15(10)23(21,22)19-7-12(8-19)20-9-14(17-18-20)11-5-6-11/h2-4,9,11-12H,5-8H2,1H3. The van der Waals surface area contributed by atoms with Crippen LogP contribution in [0.3, 0.4) is 0 Å². The molecular weight excluding hydrogens is 336 g/mol. The maximum Gasteiger partial charge on any atom is 0.243 e. The van der Waals surface area contributed by atoms with Crippen molar-refractivity contribution in [2.45, 2.75) is 36.6 Å². The molecule has 0 atom stereocenters. The van der Waals surface area contributed by atoms with Gasteiger partial charge in [0.05, 0.1) is 16.6 Å². The van der Waals surface area contributed by atoms with E-state index in [-0.39, 0.29) is 10.9 Å². The molecule has 1 saturated heterocycles. The number of aromatic nitrogens is 3. The van der Waals surface area contributed by atoms with Crippen molar-refractivity contribution in [2.24, 2.45) is 0 Å². The Morgan fingerprint density at radius 2 is 2.00 bits per heavy atom. The van der Waals surface area contributed by atoms with Crippen LogP contribution in [0.5, 0.6) is 0 Å². The van der Waals surface area contributed by atoms with Crippen molar-refractivity contribution in [3.8, 4) is 0 Å². The van der Waals surface area contributed by atoms with Gasteiger partial charge in [-0.3, -0.25) is 0 Å². The number of hydrogen-bond donors (Lipinski definition) is 0. The van der Waals surface area contributed by atoms with E-state index in [1.54, 1.807) is 29.8 Å². The highest BCUT2D eigenvalue weighted by atomic mass is 35.5. The van der Waals surface area contributed by atoms with E-state index >= 15 is 0 Å². The third-order valence-electron chi connectivity index (χ3n) is 4.56. The number of nitrogens with zero attached hydrogens (tertiary/aromatic N) is 4. The van der Waals surface area contributed by atoms with E-state index < -0.39 is 10.0 Å². The molecule has 8 heteroatoms. The van der Waals surface area contributed by atoms with Crippen LogP contribution in [-0.2, 0) is 10.0 Å². The predicted octanol–water partition coefficient (Wildman–Crippen LogP) is 2.36. The summed E-state index contributed by atoms with van der Waals surface area (Å²) >= 11 is 6.04. The Labute approximate surface area is 140 Å². The number of sulfonamides is 1. The van der Waals surface area contributed by atoms with Gasteiger partial charge in [0.2, 0.25) is 10.0 Å². The summed E-state index contributed by atoms with van der Waals surface area (Å²) in [7, 11) is -3.51. The molecule has 2 heterocycles. The Morgan fingerprint density at radius 3 is 2.70 bits per heavy atom. The first-order chi connectivity index (χ1) is 11.0. The van der Waals surface area contributed by atoms with Gasteiger partial charge in [0.15, 0.2) is 0 Å². The predicted molar refractivity (Wildman–Crippen MR) is 86.0 cm³/mol. The van der Waals surface area contributed by atoms with Crippen LogP contribution in [0, 0.1) is 6.92 Å². The molecule has 0 amide bonds. The Bertz CT molecular complexity index is 854. The largest absolute Gasteiger partial charge is 0.247 e. The zero-order valence-corrected chi connectivity index (χ0v) is 14.3. The van der Waals surface area contributed by atoms with Crippen molar-refractivity contribution in [2.75, 3.05) is 13.1 Å². The molecule has 1 aromatic heterocycles. The SMILES string of the molecule is Cc1c(Cl)cccc1S(=O)(=O)N1CC(n2cc(C3CC3)nn2)C1. The lowest BCUT2D eigenvalue weighted by molar-refractivity contribution is 0.188. The van der Waals surface area contributed by atoms with Crippen molar-refractivity contribution >= 4 is 21.6 Å². The first-order valence-electron chi connectivity index (χ1n) is 7.64. The lowest BCUT2D eigenvalue weighted by atomic mass is 10.2. The Kier molecular flexibility index (Phi) is 3.48. The Morgan fingerprint density at radius 1 is 1.26 bits per heavy atom. The zero-order valence-electron chi connectivity index (χ0n) is 12.7. The van der Waals surface area contributed by atoms with E-state index in [1.165, 1.54) is 17.1 Å². The molecular formula is C15H17ClN4O2S. The maximum atomic E-state index is 12.7. The molecule has 0 spiro atoms. The molecule has 0 bridgehead atoms. The fraction of sp³-hybridized carbons (Fsp3) is 0.467. The van der Waals surface area contributed by atoms with E-state index in [4.69, 9.17) is 11.6 Å². The van der Waals surface area contributed by atoms with E-state index in [2.05, 4.69) is 10.3 Å². The third-order valence-corrected chi connectivity index (χ3v) is 6.95. The summed E-state index contributed by atoms with van der Waals surface area (Å²) in [5.74, 6) is 0.553. The summed E-state index contributed by atoms with van der Waals surface area (Å²) in [5, 5.41) is 8.79. The molecule has 1 aliphatic heterocycles. The summed E-state index contributed by atoms with van der Waals surface area (Å²) in [6, 6.07) is 5.02. The summed E-state index contributed by atoms with van der Waals surface area (Å²) in [6.07, 6.45) is 4.31. The third kappa shape index (κ3) is 2.56. The van der Waals surface area contributed by atoms with Gasteiger partial charge in [0.1, 0.15) is 0 Å². The minimum Gasteiger partial charge on any atom is -0.247 e. The molecule has 1 saturated carbocycles. The molecule has 2 aromatic rings. The van der Waals surface area contributed by atoms with Crippen LogP contribution in [0.4, 0.5) is 0 Å². The molecule has 1 aromatic carbocycles. The summed E-state index contributed by atoms with van der Waals surface area (Å²) in [5.41, 5.74) is 1.62. The molecule has 2 fully saturated rings. The number of hydrogen-bond acceptors (Lipinski definition) is 4. The average Bonchev–Trinajstić information content (AvgIpc) is 3.20. The van der Waals surface area contributed by atoms with Crippen molar-refractivity contribution in [3.05, 3.63) is 40.7 Å². The smallest absolute Gasteiger partial charge is 0.243 e. The Hall–Kier alpha value is -1.44. The molecule has 0 unspecified atom stereocenters. The van der Waals surface area contributed by atoms with Gasteiger partial charge < -0.3 is 0 Å². The van der Waals surface area contributed by atoms with Crippen LogP contribution < -0.4 is 0 Å². The normalized spacial score (nSPS) is 19.7. The molecule has 0 radical (unpaired) electrons. The van der Waals surface area contributed by atoms with E-state index in [0.717, 1.165) is 5.69 Å². The second-order valence-corrected chi connectivity index (χ2v) is 8.55. The van der Waals surface area contributed by atoms with Crippen LogP contribution in [0.25, 0.3) is 0 Å². The van der Waals surface area contributed by atoms with Gasteiger partial charge in [-0.15, -0.1) is 5.10 Å². The van der Waals surface area contributed by atoms with Crippen molar-refractivity contribution in [1.29, 1.82) is 0 Å². The fourth-order valence-electron chi connectivity index (χ4n) is 2.82. The first kappa shape index (κ1) is 15.1. The van der Waals surface area contributed by atoms with Crippen molar-refractivity contribution < 1.29 is 8.42 Å². The highest BCUT2D eigenvalue weighted by molar-refractivity contribution is 7.89. The van der Waals surface area contributed by atoms with Gasteiger partial charge in [0, 0.05) is 30.2 Å². The zero-order chi connectivity index (χ0) is 16.2. The number of benzene rings is 1. The molecule has 6 nitrogen and oxygen atoms in total. The van der Waals surface area contributed by atoms with Gasteiger partial charge in [-0.05, 0) is 37.5 Å². The van der Waals surface area contributed by atoms with Gasteiger partial charge in [-0.25, -0.2) is 13.1 Å². The van der Waals surface area contributed by atoms with Crippen molar-refractivity contribution in [1.82, 2.24) is 19.3 Å². The quantitative estimate of drug-likeness (QED) is 0.847. The molecule has 2 aliphatic rings. The van der Waals surface area contributed by atoms with E-state index in [9.17, 15) is 8.42 Å². The van der Waals surface area contributed by atoms with Crippen molar-refractivity contribution in [3.63, 3.8) is 0 Å². The highest BCUT2D eigenvalue weighted by Gasteiger charge is 2.39. The number of halogens is 1. The molecule has 0 N–H and O–H groups in total. The molecule has 122 valence electrons. The van der Waals surface area contributed by atoms with Gasteiger partial charge in [-0.1, -0.05) is 22.9 Å². The second-order valence-electron chi connectivity index (χ2n) is 6.24. The minimum atomic E-state index is -3.51. The first-order valence-corrected chi connectivity index (χ1v) is 9.45. The maximum absolute atomic E-state index is 12.7. The summed E-state index contributed by atoms with van der Waals surface area (Å²) in [6.45, 7) is 2.56. The van der Waals surface area contributed by atoms with E-state index in [0.29, 0.717) is 29.6 Å². The summed E-state index contributed by atoms with van der Waals surface area (Å²) < 4.78 is 28.7.